The van der Waals surface area contributed by atoms with Gasteiger partial charge >= 0.3 is 0 Å². The molecule has 4 atom stereocenters. The van der Waals surface area contributed by atoms with Crippen LogP contribution in [0.4, 0.5) is 0 Å². The number of fused-ring (bicyclic) bond motifs is 1. The number of hydrogen-bond donors (Lipinski definition) is 1. The van der Waals surface area contributed by atoms with E-state index in [1.807, 2.05) is 0 Å². The van der Waals surface area contributed by atoms with E-state index in [0.717, 1.165) is 24.4 Å². The highest BCUT2D eigenvalue weighted by Gasteiger charge is 2.42. The van der Waals surface area contributed by atoms with Gasteiger partial charge < -0.3 is 5.32 Å². The third kappa shape index (κ3) is 2.63. The van der Waals surface area contributed by atoms with E-state index in [2.05, 4.69) is 52.4 Å². The first-order valence-corrected chi connectivity index (χ1v) is 8.54. The Balaban J connectivity index is 1.38. The number of benzene rings is 1. The lowest BCUT2D eigenvalue weighted by molar-refractivity contribution is 0.163. The van der Waals surface area contributed by atoms with Crippen LogP contribution < -0.4 is 5.32 Å². The summed E-state index contributed by atoms with van der Waals surface area (Å²) in [5.74, 6) is 1.83. The van der Waals surface area contributed by atoms with E-state index in [9.17, 15) is 0 Å². The number of nitrogens with zero attached hydrogens (tertiary/aromatic N) is 2. The Hall–Kier alpha value is -0.900. The maximum Gasteiger partial charge on any atom is 0.0261 e. The van der Waals surface area contributed by atoms with Gasteiger partial charge in [-0.1, -0.05) is 30.3 Å². The molecule has 0 saturated carbocycles. The van der Waals surface area contributed by atoms with Crippen LogP contribution in [0, 0.1) is 11.8 Å². The van der Waals surface area contributed by atoms with E-state index >= 15 is 0 Å². The topological polar surface area (TPSA) is 18.5 Å². The SMILES string of the molecule is CC1C(N2CC3CNCC3C2)CCN1Cc1ccccc1. The van der Waals surface area contributed by atoms with Crippen LogP contribution in [0.5, 0.6) is 0 Å². The van der Waals surface area contributed by atoms with Gasteiger partial charge in [0.15, 0.2) is 0 Å². The van der Waals surface area contributed by atoms with E-state index in [0.29, 0.717) is 6.04 Å². The van der Waals surface area contributed by atoms with Gasteiger partial charge in [0.2, 0.25) is 0 Å². The van der Waals surface area contributed by atoms with Crippen molar-refractivity contribution in [1.29, 1.82) is 0 Å². The summed E-state index contributed by atoms with van der Waals surface area (Å²) in [6.45, 7) is 9.95. The zero-order chi connectivity index (χ0) is 14.2. The van der Waals surface area contributed by atoms with Gasteiger partial charge in [-0.2, -0.15) is 0 Å². The first kappa shape index (κ1) is 13.7. The summed E-state index contributed by atoms with van der Waals surface area (Å²) in [5, 5.41) is 3.55. The van der Waals surface area contributed by atoms with Crippen LogP contribution in [0.25, 0.3) is 0 Å². The Labute approximate surface area is 128 Å². The van der Waals surface area contributed by atoms with Gasteiger partial charge in [-0.05, 0) is 43.8 Å². The molecule has 114 valence electrons. The van der Waals surface area contributed by atoms with Crippen molar-refractivity contribution < 1.29 is 0 Å². The average Bonchev–Trinajstić information content (AvgIpc) is 3.16. The predicted molar refractivity (Wildman–Crippen MR) is 86.1 cm³/mol. The number of hydrogen-bond acceptors (Lipinski definition) is 3. The van der Waals surface area contributed by atoms with Crippen LogP contribution in [0.1, 0.15) is 18.9 Å². The standard InChI is InChI=1S/C18H27N3/c1-14-18(21-12-16-9-19-10-17(16)13-21)7-8-20(14)11-15-5-3-2-4-6-15/h2-6,14,16-19H,7-13H2,1H3. The highest BCUT2D eigenvalue weighted by atomic mass is 15.3. The Kier molecular flexibility index (Phi) is 3.74. The van der Waals surface area contributed by atoms with Crippen molar-refractivity contribution in [3.63, 3.8) is 0 Å². The molecule has 0 radical (unpaired) electrons. The van der Waals surface area contributed by atoms with Crippen LogP contribution in [0.3, 0.4) is 0 Å². The van der Waals surface area contributed by atoms with Crippen LogP contribution in [-0.2, 0) is 6.54 Å². The minimum absolute atomic E-state index is 0.692. The molecule has 3 aliphatic heterocycles. The van der Waals surface area contributed by atoms with Crippen molar-refractivity contribution in [3.05, 3.63) is 35.9 Å². The van der Waals surface area contributed by atoms with Crippen LogP contribution in [0.2, 0.25) is 0 Å². The molecule has 4 rings (SSSR count). The average molecular weight is 285 g/mol. The van der Waals surface area contributed by atoms with Crippen molar-refractivity contribution in [2.75, 3.05) is 32.7 Å². The molecule has 0 spiro atoms. The summed E-state index contributed by atoms with van der Waals surface area (Å²) in [4.78, 5) is 5.47. The van der Waals surface area contributed by atoms with Crippen LogP contribution >= 0.6 is 0 Å². The lowest BCUT2D eigenvalue weighted by atomic mass is 10.0. The molecular weight excluding hydrogens is 258 g/mol. The van der Waals surface area contributed by atoms with Crippen molar-refractivity contribution in [1.82, 2.24) is 15.1 Å². The molecule has 3 fully saturated rings. The van der Waals surface area contributed by atoms with Gasteiger partial charge in [-0.15, -0.1) is 0 Å². The molecule has 3 saturated heterocycles. The maximum absolute atomic E-state index is 3.55. The Bertz CT molecular complexity index is 463. The monoisotopic (exact) mass is 285 g/mol. The van der Waals surface area contributed by atoms with Gasteiger partial charge in [0.05, 0.1) is 0 Å². The fourth-order valence-corrected chi connectivity index (χ4v) is 4.68. The molecule has 0 aromatic heterocycles. The van der Waals surface area contributed by atoms with E-state index < -0.39 is 0 Å². The Morgan fingerprint density at radius 1 is 1.10 bits per heavy atom. The molecule has 1 N–H and O–H groups in total. The Morgan fingerprint density at radius 2 is 1.81 bits per heavy atom. The molecule has 21 heavy (non-hydrogen) atoms. The molecule has 1 aromatic rings. The summed E-state index contributed by atoms with van der Waals surface area (Å²) < 4.78 is 0. The molecule has 3 aliphatic rings. The first-order chi connectivity index (χ1) is 10.3. The molecule has 0 bridgehead atoms. The summed E-state index contributed by atoms with van der Waals surface area (Å²) in [7, 11) is 0. The number of rotatable bonds is 3. The maximum atomic E-state index is 3.55. The summed E-state index contributed by atoms with van der Waals surface area (Å²) in [6.07, 6.45) is 1.35. The third-order valence-electron chi connectivity index (χ3n) is 5.96. The van der Waals surface area contributed by atoms with Crippen molar-refractivity contribution >= 4 is 0 Å². The van der Waals surface area contributed by atoms with Gasteiger partial charge in [-0.25, -0.2) is 0 Å². The number of nitrogens with one attached hydrogen (secondary N) is 1. The van der Waals surface area contributed by atoms with Gasteiger partial charge in [0.25, 0.3) is 0 Å². The molecule has 4 unspecified atom stereocenters. The van der Waals surface area contributed by atoms with Gasteiger partial charge in [-0.3, -0.25) is 9.80 Å². The van der Waals surface area contributed by atoms with Crippen molar-refractivity contribution in [3.8, 4) is 0 Å². The molecule has 0 amide bonds. The summed E-state index contributed by atoms with van der Waals surface area (Å²) in [5.41, 5.74) is 1.45. The molecule has 3 heteroatoms. The van der Waals surface area contributed by atoms with Gasteiger partial charge in [0, 0.05) is 38.3 Å². The molecule has 1 aromatic carbocycles. The molecule has 0 aliphatic carbocycles. The fraction of sp³-hybridized carbons (Fsp3) is 0.667. The van der Waals surface area contributed by atoms with E-state index in [1.54, 1.807) is 0 Å². The molecule has 3 nitrogen and oxygen atoms in total. The Morgan fingerprint density at radius 3 is 2.52 bits per heavy atom. The molecular formula is C18H27N3. The highest BCUT2D eigenvalue weighted by molar-refractivity contribution is 5.15. The van der Waals surface area contributed by atoms with Crippen LogP contribution in [-0.4, -0.2) is 54.6 Å². The molecule has 3 heterocycles. The lowest BCUT2D eigenvalue weighted by Gasteiger charge is -2.31. The van der Waals surface area contributed by atoms with Crippen molar-refractivity contribution in [2.45, 2.75) is 32.0 Å². The second-order valence-electron chi connectivity index (χ2n) is 7.19. The van der Waals surface area contributed by atoms with E-state index in [4.69, 9.17) is 0 Å². The first-order valence-electron chi connectivity index (χ1n) is 8.54. The normalized spacial score (nSPS) is 37.2. The fourth-order valence-electron chi connectivity index (χ4n) is 4.68. The number of likely N-dealkylation sites (tertiary alicyclic amines) is 2. The summed E-state index contributed by atoms with van der Waals surface area (Å²) in [6, 6.07) is 12.4. The second kappa shape index (κ2) is 5.71. The van der Waals surface area contributed by atoms with Gasteiger partial charge in [0.1, 0.15) is 0 Å². The van der Waals surface area contributed by atoms with E-state index in [-0.39, 0.29) is 0 Å². The smallest absolute Gasteiger partial charge is 0.0261 e. The zero-order valence-corrected chi connectivity index (χ0v) is 13.0. The minimum Gasteiger partial charge on any atom is -0.316 e. The van der Waals surface area contributed by atoms with Crippen molar-refractivity contribution in [2.24, 2.45) is 11.8 Å². The second-order valence-corrected chi connectivity index (χ2v) is 7.19. The zero-order valence-electron chi connectivity index (χ0n) is 13.0. The third-order valence-corrected chi connectivity index (χ3v) is 5.96. The van der Waals surface area contributed by atoms with Crippen LogP contribution in [0.15, 0.2) is 30.3 Å². The minimum atomic E-state index is 0.692. The summed E-state index contributed by atoms with van der Waals surface area (Å²) >= 11 is 0. The van der Waals surface area contributed by atoms with E-state index in [1.165, 1.54) is 44.7 Å². The lowest BCUT2D eigenvalue weighted by Crippen LogP contribution is -2.43. The highest BCUT2D eigenvalue weighted by Crippen LogP contribution is 2.33. The predicted octanol–water partition coefficient (Wildman–Crippen LogP) is 1.80. The quantitative estimate of drug-likeness (QED) is 0.913. The largest absolute Gasteiger partial charge is 0.316 e.